The summed E-state index contributed by atoms with van der Waals surface area (Å²) < 4.78 is 0. The van der Waals surface area contributed by atoms with Gasteiger partial charge in [-0.1, -0.05) is 30.3 Å². The number of hydrogen-bond acceptors (Lipinski definition) is 3. The van der Waals surface area contributed by atoms with E-state index in [1.807, 2.05) is 24.4 Å². The van der Waals surface area contributed by atoms with Gasteiger partial charge in [0, 0.05) is 23.8 Å². The van der Waals surface area contributed by atoms with Crippen LogP contribution in [0.1, 0.15) is 24.1 Å². The molecule has 18 heavy (non-hydrogen) atoms. The third kappa shape index (κ3) is 3.42. The fraction of sp³-hybridized carbons (Fsp3) is 0.357. The Morgan fingerprint density at radius 1 is 1.33 bits per heavy atom. The number of benzene rings is 1. The monoisotopic (exact) mass is 245 g/mol. The van der Waals surface area contributed by atoms with Crippen LogP contribution >= 0.6 is 0 Å². The second-order valence-electron chi connectivity index (χ2n) is 4.49. The quantitative estimate of drug-likeness (QED) is 0.725. The molecule has 0 spiro atoms. The number of rotatable bonds is 6. The van der Waals surface area contributed by atoms with E-state index in [9.17, 15) is 5.11 Å². The van der Waals surface area contributed by atoms with Gasteiger partial charge in [-0.25, -0.2) is 0 Å². The minimum absolute atomic E-state index is 0.0531. The molecule has 4 nitrogen and oxygen atoms in total. The molecule has 4 heteroatoms. The zero-order valence-corrected chi connectivity index (χ0v) is 10.5. The first kappa shape index (κ1) is 12.8. The van der Waals surface area contributed by atoms with E-state index in [1.165, 1.54) is 5.56 Å². The van der Waals surface area contributed by atoms with E-state index >= 15 is 0 Å². The van der Waals surface area contributed by atoms with Crippen LogP contribution in [0.2, 0.25) is 0 Å². The van der Waals surface area contributed by atoms with Gasteiger partial charge >= 0.3 is 0 Å². The highest BCUT2D eigenvalue weighted by Gasteiger charge is 2.13. The SMILES string of the molecule is CC(N[C@@H](CO)Cc1ccccc1)c1cn[nH]c1. The van der Waals surface area contributed by atoms with Crippen molar-refractivity contribution in [1.29, 1.82) is 0 Å². The third-order valence-corrected chi connectivity index (χ3v) is 3.05. The van der Waals surface area contributed by atoms with Crippen LogP contribution in [0.15, 0.2) is 42.7 Å². The molecule has 1 aromatic carbocycles. The maximum Gasteiger partial charge on any atom is 0.0588 e. The molecule has 1 heterocycles. The summed E-state index contributed by atoms with van der Waals surface area (Å²) in [4.78, 5) is 0. The maximum absolute atomic E-state index is 9.45. The van der Waals surface area contributed by atoms with Crippen LogP contribution in [0.3, 0.4) is 0 Å². The number of aliphatic hydroxyl groups excluding tert-OH is 1. The predicted octanol–water partition coefficient (Wildman–Crippen LogP) is 1.66. The lowest BCUT2D eigenvalue weighted by atomic mass is 10.0. The lowest BCUT2D eigenvalue weighted by Gasteiger charge is -2.21. The van der Waals surface area contributed by atoms with E-state index in [2.05, 4.69) is 34.6 Å². The summed E-state index contributed by atoms with van der Waals surface area (Å²) in [6.07, 6.45) is 4.49. The van der Waals surface area contributed by atoms with E-state index in [-0.39, 0.29) is 18.7 Å². The van der Waals surface area contributed by atoms with Gasteiger partial charge in [0.25, 0.3) is 0 Å². The van der Waals surface area contributed by atoms with Crippen molar-refractivity contribution >= 4 is 0 Å². The Labute approximate surface area is 107 Å². The molecular weight excluding hydrogens is 226 g/mol. The van der Waals surface area contributed by atoms with E-state index in [0.717, 1.165) is 12.0 Å². The van der Waals surface area contributed by atoms with Crippen molar-refractivity contribution in [2.45, 2.75) is 25.4 Å². The molecule has 0 saturated heterocycles. The molecular formula is C14H19N3O. The van der Waals surface area contributed by atoms with Gasteiger partial charge in [0.2, 0.25) is 0 Å². The van der Waals surface area contributed by atoms with Crippen molar-refractivity contribution in [2.75, 3.05) is 6.61 Å². The molecule has 0 bridgehead atoms. The van der Waals surface area contributed by atoms with E-state index in [4.69, 9.17) is 0 Å². The summed E-state index contributed by atoms with van der Waals surface area (Å²) in [5, 5.41) is 19.6. The van der Waals surface area contributed by atoms with Crippen LogP contribution in [-0.4, -0.2) is 28.0 Å². The molecule has 0 amide bonds. The summed E-state index contributed by atoms with van der Waals surface area (Å²) >= 11 is 0. The lowest BCUT2D eigenvalue weighted by molar-refractivity contribution is 0.232. The van der Waals surface area contributed by atoms with E-state index in [1.54, 1.807) is 6.20 Å². The molecule has 0 saturated carbocycles. The van der Waals surface area contributed by atoms with Crippen LogP contribution in [-0.2, 0) is 6.42 Å². The molecule has 1 aromatic heterocycles. The largest absolute Gasteiger partial charge is 0.395 e. The minimum atomic E-state index is 0.0531. The summed E-state index contributed by atoms with van der Waals surface area (Å²) in [5.41, 5.74) is 2.32. The van der Waals surface area contributed by atoms with Gasteiger partial charge in [-0.05, 0) is 18.9 Å². The zero-order valence-electron chi connectivity index (χ0n) is 10.5. The average molecular weight is 245 g/mol. The fourth-order valence-corrected chi connectivity index (χ4v) is 2.02. The molecule has 3 N–H and O–H groups in total. The van der Waals surface area contributed by atoms with Gasteiger partial charge in [0.15, 0.2) is 0 Å². The second-order valence-corrected chi connectivity index (χ2v) is 4.49. The molecule has 0 radical (unpaired) electrons. The molecule has 2 rings (SSSR count). The normalized spacial score (nSPS) is 14.3. The van der Waals surface area contributed by atoms with Crippen LogP contribution < -0.4 is 5.32 Å². The Bertz CT molecular complexity index is 441. The first-order chi connectivity index (χ1) is 8.79. The Morgan fingerprint density at radius 2 is 2.11 bits per heavy atom. The van der Waals surface area contributed by atoms with Crippen LogP contribution in [0.4, 0.5) is 0 Å². The molecule has 0 fully saturated rings. The summed E-state index contributed by atoms with van der Waals surface area (Å²) in [6, 6.07) is 10.4. The number of nitrogens with zero attached hydrogens (tertiary/aromatic N) is 1. The Morgan fingerprint density at radius 3 is 2.72 bits per heavy atom. The van der Waals surface area contributed by atoms with Crippen LogP contribution in [0.25, 0.3) is 0 Å². The number of H-pyrrole nitrogens is 1. The van der Waals surface area contributed by atoms with Crippen molar-refractivity contribution < 1.29 is 5.11 Å². The van der Waals surface area contributed by atoms with E-state index < -0.39 is 0 Å². The number of aromatic nitrogens is 2. The van der Waals surface area contributed by atoms with Gasteiger partial charge in [-0.2, -0.15) is 5.10 Å². The van der Waals surface area contributed by atoms with Crippen molar-refractivity contribution in [2.24, 2.45) is 0 Å². The second kappa shape index (κ2) is 6.33. The van der Waals surface area contributed by atoms with Crippen molar-refractivity contribution in [3.8, 4) is 0 Å². The molecule has 0 aliphatic heterocycles. The van der Waals surface area contributed by atoms with Crippen molar-refractivity contribution in [3.05, 3.63) is 53.9 Å². The molecule has 2 atom stereocenters. The lowest BCUT2D eigenvalue weighted by Crippen LogP contribution is -2.36. The highest BCUT2D eigenvalue weighted by molar-refractivity contribution is 5.16. The van der Waals surface area contributed by atoms with Gasteiger partial charge in [0.05, 0.1) is 12.8 Å². The fourth-order valence-electron chi connectivity index (χ4n) is 2.02. The average Bonchev–Trinajstić information content (AvgIpc) is 2.93. The first-order valence-corrected chi connectivity index (χ1v) is 6.19. The summed E-state index contributed by atoms with van der Waals surface area (Å²) in [6.45, 7) is 2.19. The smallest absolute Gasteiger partial charge is 0.0588 e. The topological polar surface area (TPSA) is 60.9 Å². The summed E-state index contributed by atoms with van der Waals surface area (Å²) in [5.74, 6) is 0. The van der Waals surface area contributed by atoms with Gasteiger partial charge in [-0.15, -0.1) is 0 Å². The van der Waals surface area contributed by atoms with Gasteiger partial charge < -0.3 is 10.4 Å². The molecule has 2 aromatic rings. The standard InChI is InChI=1S/C14H19N3O/c1-11(13-8-15-16-9-13)17-14(10-18)7-12-5-3-2-4-6-12/h2-6,8-9,11,14,17-18H,7,10H2,1H3,(H,15,16)/t11?,14-/m1/s1. The molecule has 0 aliphatic rings. The number of aliphatic hydroxyl groups is 1. The zero-order chi connectivity index (χ0) is 12.8. The van der Waals surface area contributed by atoms with Crippen LogP contribution in [0.5, 0.6) is 0 Å². The summed E-state index contributed by atoms with van der Waals surface area (Å²) in [7, 11) is 0. The van der Waals surface area contributed by atoms with Crippen molar-refractivity contribution in [1.82, 2.24) is 15.5 Å². The third-order valence-electron chi connectivity index (χ3n) is 3.05. The maximum atomic E-state index is 9.45. The minimum Gasteiger partial charge on any atom is -0.395 e. The molecule has 96 valence electrons. The number of aromatic amines is 1. The van der Waals surface area contributed by atoms with Crippen LogP contribution in [0, 0.1) is 0 Å². The van der Waals surface area contributed by atoms with Crippen molar-refractivity contribution in [3.63, 3.8) is 0 Å². The Kier molecular flexibility index (Phi) is 4.50. The molecule has 1 unspecified atom stereocenters. The van der Waals surface area contributed by atoms with Gasteiger partial charge in [-0.3, -0.25) is 5.10 Å². The van der Waals surface area contributed by atoms with Gasteiger partial charge in [0.1, 0.15) is 0 Å². The highest BCUT2D eigenvalue weighted by Crippen LogP contribution is 2.12. The van der Waals surface area contributed by atoms with E-state index in [0.29, 0.717) is 0 Å². The molecule has 0 aliphatic carbocycles. The highest BCUT2D eigenvalue weighted by atomic mass is 16.3. The Balaban J connectivity index is 1.93. The Hall–Kier alpha value is -1.65. The number of hydrogen-bond donors (Lipinski definition) is 3. The predicted molar refractivity (Wildman–Crippen MR) is 71.2 cm³/mol. The first-order valence-electron chi connectivity index (χ1n) is 6.19. The number of nitrogens with one attached hydrogen (secondary N) is 2.